The molecule has 0 fully saturated rings. The van der Waals surface area contributed by atoms with Crippen LogP contribution in [0.2, 0.25) is 0 Å². The number of phenolic OH excluding ortho intramolecular Hbond substituents is 1. The summed E-state index contributed by atoms with van der Waals surface area (Å²) in [4.78, 5) is 13.6. The second-order valence-electron chi connectivity index (χ2n) is 4.22. The number of carbonyl (C=O) groups excluding carboxylic acids is 1. The van der Waals surface area contributed by atoms with E-state index in [1.54, 1.807) is 24.1 Å². The Hall–Kier alpha value is -1.55. The van der Waals surface area contributed by atoms with Gasteiger partial charge in [0, 0.05) is 13.7 Å². The van der Waals surface area contributed by atoms with Gasteiger partial charge in [-0.05, 0) is 31.5 Å². The second kappa shape index (κ2) is 7.01. The molecule has 1 unspecified atom stereocenters. The summed E-state index contributed by atoms with van der Waals surface area (Å²) in [6.07, 6.45) is 0.396. The summed E-state index contributed by atoms with van der Waals surface area (Å²) in [5, 5.41) is 9.23. The lowest BCUT2D eigenvalue weighted by molar-refractivity contribution is -0.132. The summed E-state index contributed by atoms with van der Waals surface area (Å²) in [5.74, 6) is 0.292. The Kier molecular flexibility index (Phi) is 5.65. The molecule has 100 valence electrons. The summed E-state index contributed by atoms with van der Waals surface area (Å²) >= 11 is 0. The van der Waals surface area contributed by atoms with E-state index in [0.717, 1.165) is 5.56 Å². The lowest BCUT2D eigenvalue weighted by Gasteiger charge is -2.25. The van der Waals surface area contributed by atoms with Crippen LogP contribution in [0, 0.1) is 0 Å². The van der Waals surface area contributed by atoms with Crippen molar-refractivity contribution in [3.63, 3.8) is 0 Å². The molecule has 1 aromatic rings. The monoisotopic (exact) mass is 251 g/mol. The molecule has 1 amide bonds. The van der Waals surface area contributed by atoms with Gasteiger partial charge in [0.1, 0.15) is 5.75 Å². The van der Waals surface area contributed by atoms with Crippen LogP contribution in [-0.2, 0) is 9.53 Å². The minimum atomic E-state index is -0.0141. The van der Waals surface area contributed by atoms with Crippen molar-refractivity contribution in [3.8, 4) is 5.75 Å². The molecule has 1 rings (SSSR count). The second-order valence-corrected chi connectivity index (χ2v) is 4.22. The maximum Gasteiger partial charge on any atom is 0.225 e. The molecule has 0 bridgehead atoms. The Bertz CT molecular complexity index is 375. The van der Waals surface area contributed by atoms with Crippen molar-refractivity contribution in [1.29, 1.82) is 0 Å². The predicted molar refractivity (Wildman–Crippen MR) is 70.4 cm³/mol. The number of phenols is 1. The first-order valence-corrected chi connectivity index (χ1v) is 6.18. The molecular weight excluding hydrogens is 230 g/mol. The summed E-state index contributed by atoms with van der Waals surface area (Å²) in [6, 6.07) is 6.90. The number of carbonyl (C=O) groups is 1. The van der Waals surface area contributed by atoms with Crippen LogP contribution in [0.5, 0.6) is 5.75 Å². The van der Waals surface area contributed by atoms with Gasteiger partial charge in [-0.2, -0.15) is 0 Å². The minimum absolute atomic E-state index is 0.0141. The van der Waals surface area contributed by atoms with Crippen LogP contribution in [0.15, 0.2) is 24.3 Å². The lowest BCUT2D eigenvalue weighted by atomic mass is 10.1. The van der Waals surface area contributed by atoms with Crippen LogP contribution in [0.25, 0.3) is 0 Å². The molecule has 1 N–H and O–H groups in total. The number of benzene rings is 1. The Balaban J connectivity index is 2.57. The van der Waals surface area contributed by atoms with Gasteiger partial charge in [0.2, 0.25) is 5.91 Å². The van der Waals surface area contributed by atoms with Crippen molar-refractivity contribution < 1.29 is 14.6 Å². The number of aromatic hydroxyl groups is 1. The predicted octanol–water partition coefficient (Wildman–Crippen LogP) is 2.34. The first-order valence-electron chi connectivity index (χ1n) is 6.18. The average Bonchev–Trinajstić information content (AvgIpc) is 2.38. The smallest absolute Gasteiger partial charge is 0.225 e. The highest BCUT2D eigenvalue weighted by molar-refractivity contribution is 5.76. The number of amides is 1. The molecule has 0 aromatic heterocycles. The molecule has 0 spiro atoms. The average molecular weight is 251 g/mol. The van der Waals surface area contributed by atoms with Crippen LogP contribution in [0.1, 0.15) is 31.9 Å². The van der Waals surface area contributed by atoms with Crippen molar-refractivity contribution in [1.82, 2.24) is 4.90 Å². The fraction of sp³-hybridized carbons (Fsp3) is 0.500. The molecular formula is C14H21NO3. The largest absolute Gasteiger partial charge is 0.508 e. The minimum Gasteiger partial charge on any atom is -0.508 e. The SMILES string of the molecule is CCOCCC(=O)N(C)C(C)c1ccc(O)cc1. The molecule has 0 radical (unpaired) electrons. The van der Waals surface area contributed by atoms with Crippen molar-refractivity contribution >= 4 is 5.91 Å². The van der Waals surface area contributed by atoms with E-state index in [1.807, 2.05) is 26.0 Å². The quantitative estimate of drug-likeness (QED) is 0.789. The Morgan fingerprint density at radius 1 is 1.39 bits per heavy atom. The molecule has 1 atom stereocenters. The van der Waals surface area contributed by atoms with Gasteiger partial charge >= 0.3 is 0 Å². The Morgan fingerprint density at radius 3 is 2.56 bits per heavy atom. The van der Waals surface area contributed by atoms with Crippen molar-refractivity contribution in [2.75, 3.05) is 20.3 Å². The first kappa shape index (κ1) is 14.5. The van der Waals surface area contributed by atoms with E-state index in [2.05, 4.69) is 0 Å². The summed E-state index contributed by atoms with van der Waals surface area (Å²) in [6.45, 7) is 4.96. The summed E-state index contributed by atoms with van der Waals surface area (Å²) in [5.41, 5.74) is 1.00. The zero-order valence-corrected chi connectivity index (χ0v) is 11.2. The van der Waals surface area contributed by atoms with Gasteiger partial charge in [0.25, 0.3) is 0 Å². The number of ether oxygens (including phenoxy) is 1. The Labute approximate surface area is 108 Å². The van der Waals surface area contributed by atoms with Crippen LogP contribution in [0.3, 0.4) is 0 Å². The van der Waals surface area contributed by atoms with E-state index >= 15 is 0 Å². The third kappa shape index (κ3) is 4.04. The fourth-order valence-corrected chi connectivity index (χ4v) is 1.67. The third-order valence-corrected chi connectivity index (χ3v) is 3.01. The van der Waals surface area contributed by atoms with Crippen molar-refractivity contribution in [2.45, 2.75) is 26.3 Å². The lowest BCUT2D eigenvalue weighted by Crippen LogP contribution is -2.30. The van der Waals surface area contributed by atoms with Gasteiger partial charge in [0.15, 0.2) is 0 Å². The van der Waals surface area contributed by atoms with Crippen LogP contribution in [-0.4, -0.2) is 36.2 Å². The summed E-state index contributed by atoms with van der Waals surface area (Å²) < 4.78 is 5.17. The fourth-order valence-electron chi connectivity index (χ4n) is 1.67. The van der Waals surface area contributed by atoms with E-state index in [0.29, 0.717) is 19.6 Å². The van der Waals surface area contributed by atoms with E-state index < -0.39 is 0 Å². The molecule has 0 saturated heterocycles. The summed E-state index contributed by atoms with van der Waals surface area (Å²) in [7, 11) is 1.78. The number of nitrogens with zero attached hydrogens (tertiary/aromatic N) is 1. The van der Waals surface area contributed by atoms with E-state index in [-0.39, 0.29) is 17.7 Å². The molecule has 0 aliphatic rings. The molecule has 0 heterocycles. The molecule has 0 aliphatic carbocycles. The molecule has 4 heteroatoms. The van der Waals surface area contributed by atoms with Crippen LogP contribution >= 0.6 is 0 Å². The van der Waals surface area contributed by atoms with Gasteiger partial charge in [-0.1, -0.05) is 12.1 Å². The highest BCUT2D eigenvalue weighted by Crippen LogP contribution is 2.21. The standard InChI is InChI=1S/C14H21NO3/c1-4-18-10-9-14(17)15(3)11(2)12-5-7-13(16)8-6-12/h5-8,11,16H,4,9-10H2,1-3H3. The van der Waals surface area contributed by atoms with Gasteiger partial charge in [0.05, 0.1) is 19.1 Å². The number of rotatable bonds is 6. The Morgan fingerprint density at radius 2 is 2.00 bits per heavy atom. The highest BCUT2D eigenvalue weighted by atomic mass is 16.5. The van der Waals surface area contributed by atoms with Crippen molar-refractivity contribution in [3.05, 3.63) is 29.8 Å². The van der Waals surface area contributed by atoms with Gasteiger partial charge in [-0.15, -0.1) is 0 Å². The number of hydrogen-bond donors (Lipinski definition) is 1. The molecule has 4 nitrogen and oxygen atoms in total. The normalized spacial score (nSPS) is 12.2. The topological polar surface area (TPSA) is 49.8 Å². The van der Waals surface area contributed by atoms with Gasteiger partial charge < -0.3 is 14.7 Å². The number of hydrogen-bond acceptors (Lipinski definition) is 3. The molecule has 18 heavy (non-hydrogen) atoms. The highest BCUT2D eigenvalue weighted by Gasteiger charge is 2.16. The van der Waals surface area contributed by atoms with Crippen molar-refractivity contribution in [2.24, 2.45) is 0 Å². The maximum atomic E-state index is 11.9. The third-order valence-electron chi connectivity index (χ3n) is 3.01. The molecule has 0 saturated carbocycles. The van der Waals surface area contributed by atoms with Crippen LogP contribution < -0.4 is 0 Å². The molecule has 0 aliphatic heterocycles. The zero-order valence-electron chi connectivity index (χ0n) is 11.2. The van der Waals surface area contributed by atoms with E-state index in [9.17, 15) is 9.90 Å². The van der Waals surface area contributed by atoms with Crippen LogP contribution in [0.4, 0.5) is 0 Å². The van der Waals surface area contributed by atoms with E-state index in [4.69, 9.17) is 4.74 Å². The maximum absolute atomic E-state index is 11.9. The van der Waals surface area contributed by atoms with Gasteiger partial charge in [-0.25, -0.2) is 0 Å². The van der Waals surface area contributed by atoms with E-state index in [1.165, 1.54) is 0 Å². The van der Waals surface area contributed by atoms with Gasteiger partial charge in [-0.3, -0.25) is 4.79 Å². The molecule has 1 aromatic carbocycles. The zero-order chi connectivity index (χ0) is 13.5. The first-order chi connectivity index (χ1) is 8.56.